The maximum absolute atomic E-state index is 11.9. The Balaban J connectivity index is 3.38. The third-order valence-electron chi connectivity index (χ3n) is 0.677. The summed E-state index contributed by atoms with van der Waals surface area (Å²) >= 11 is 6.91. The second-order valence-corrected chi connectivity index (χ2v) is 4.24. The van der Waals surface area contributed by atoms with Crippen molar-refractivity contribution < 1.29 is 13.2 Å². The molecule has 56 valence electrons. The third kappa shape index (κ3) is 5.26. The van der Waals surface area contributed by atoms with Crippen molar-refractivity contribution >= 4 is 34.2 Å². The standard InChI is InChI=1S/C4H5ClF3I/c5-3(9)1-2(6)4(7)8/h2-4H,1H2. The Bertz CT molecular complexity index is 78.2. The normalized spacial score (nSPS) is 18.0. The lowest BCUT2D eigenvalue weighted by atomic mass is 10.3. The molecular formula is C4H5ClF3I. The number of halogens is 5. The zero-order chi connectivity index (χ0) is 7.44. The van der Waals surface area contributed by atoms with E-state index in [2.05, 4.69) is 0 Å². The first-order valence-electron chi connectivity index (χ1n) is 2.24. The summed E-state index contributed by atoms with van der Waals surface area (Å²) in [6.07, 6.45) is -5.27. The third-order valence-corrected chi connectivity index (χ3v) is 1.36. The molecule has 0 bridgehead atoms. The molecule has 0 aliphatic rings. The van der Waals surface area contributed by atoms with E-state index in [1.165, 1.54) is 0 Å². The minimum absolute atomic E-state index is 0.292. The van der Waals surface area contributed by atoms with Gasteiger partial charge in [-0.15, -0.1) is 11.6 Å². The molecule has 0 radical (unpaired) electrons. The van der Waals surface area contributed by atoms with Gasteiger partial charge in [0, 0.05) is 6.42 Å². The van der Waals surface area contributed by atoms with E-state index in [0.717, 1.165) is 0 Å². The van der Waals surface area contributed by atoms with Gasteiger partial charge in [-0.3, -0.25) is 0 Å². The van der Waals surface area contributed by atoms with Gasteiger partial charge in [-0.1, -0.05) is 22.6 Å². The van der Waals surface area contributed by atoms with Crippen molar-refractivity contribution in [2.45, 2.75) is 22.4 Å². The van der Waals surface area contributed by atoms with Crippen molar-refractivity contribution in [1.29, 1.82) is 0 Å². The molecule has 0 rings (SSSR count). The van der Waals surface area contributed by atoms with Crippen LogP contribution in [0, 0.1) is 0 Å². The van der Waals surface area contributed by atoms with Crippen LogP contribution in [0.1, 0.15) is 6.42 Å². The predicted molar refractivity (Wildman–Crippen MR) is 39.2 cm³/mol. The molecule has 0 aromatic carbocycles. The fourth-order valence-corrected chi connectivity index (χ4v) is 0.929. The van der Waals surface area contributed by atoms with E-state index in [0.29, 0.717) is 0 Å². The van der Waals surface area contributed by atoms with Crippen LogP contribution >= 0.6 is 34.2 Å². The molecule has 2 unspecified atom stereocenters. The summed E-state index contributed by atoms with van der Waals surface area (Å²) in [5, 5.41) is 0. The molecule has 0 spiro atoms. The maximum atomic E-state index is 11.9. The van der Waals surface area contributed by atoms with Crippen LogP contribution in [0.5, 0.6) is 0 Å². The van der Waals surface area contributed by atoms with E-state index < -0.39 is 16.0 Å². The number of rotatable bonds is 3. The van der Waals surface area contributed by atoms with Gasteiger partial charge < -0.3 is 0 Å². The molecule has 0 amide bonds. The lowest BCUT2D eigenvalue weighted by molar-refractivity contribution is 0.0481. The maximum Gasteiger partial charge on any atom is 0.269 e. The van der Waals surface area contributed by atoms with Crippen LogP contribution in [-0.2, 0) is 0 Å². The predicted octanol–water partition coefficient (Wildman–Crippen LogP) is 2.98. The van der Waals surface area contributed by atoms with Gasteiger partial charge >= 0.3 is 0 Å². The highest BCUT2D eigenvalue weighted by Gasteiger charge is 2.21. The first kappa shape index (κ1) is 9.81. The first-order valence-corrected chi connectivity index (χ1v) is 3.92. The monoisotopic (exact) mass is 272 g/mol. The topological polar surface area (TPSA) is 0 Å². The van der Waals surface area contributed by atoms with Crippen molar-refractivity contribution in [3.8, 4) is 0 Å². The van der Waals surface area contributed by atoms with Gasteiger partial charge in [0.25, 0.3) is 6.43 Å². The smallest absolute Gasteiger partial charge is 0.241 e. The molecule has 0 aliphatic heterocycles. The van der Waals surface area contributed by atoms with Gasteiger partial charge in [-0.25, -0.2) is 13.2 Å². The van der Waals surface area contributed by atoms with Gasteiger partial charge in [0.1, 0.15) is 0 Å². The summed E-state index contributed by atoms with van der Waals surface area (Å²) in [6.45, 7) is 0. The average Bonchev–Trinajstić information content (AvgIpc) is 1.63. The van der Waals surface area contributed by atoms with E-state index in [9.17, 15) is 13.2 Å². The van der Waals surface area contributed by atoms with Crippen molar-refractivity contribution in [1.82, 2.24) is 0 Å². The molecule has 0 heterocycles. The Morgan fingerprint density at radius 2 is 1.78 bits per heavy atom. The van der Waals surface area contributed by atoms with Crippen LogP contribution in [0.15, 0.2) is 0 Å². The Morgan fingerprint density at radius 1 is 1.33 bits per heavy atom. The van der Waals surface area contributed by atoms with Gasteiger partial charge in [0.15, 0.2) is 6.17 Å². The molecule has 9 heavy (non-hydrogen) atoms. The molecule has 0 N–H and O–H groups in total. The van der Waals surface area contributed by atoms with Crippen molar-refractivity contribution in [3.63, 3.8) is 0 Å². The van der Waals surface area contributed by atoms with Crippen LogP contribution in [-0.4, -0.2) is 16.0 Å². The summed E-state index contributed by atoms with van der Waals surface area (Å²) in [4.78, 5) is 0. The summed E-state index contributed by atoms with van der Waals surface area (Å²) in [7, 11) is 0. The first-order chi connectivity index (χ1) is 4.04. The van der Waals surface area contributed by atoms with E-state index in [1.807, 2.05) is 0 Å². The zero-order valence-electron chi connectivity index (χ0n) is 4.33. The van der Waals surface area contributed by atoms with Gasteiger partial charge in [-0.2, -0.15) is 0 Å². The Kier molecular flexibility index (Phi) is 5.01. The molecular weight excluding hydrogens is 267 g/mol. The Hall–Kier alpha value is 0.810. The SMILES string of the molecule is FC(F)C(F)CC(Cl)I. The molecule has 0 fully saturated rings. The fraction of sp³-hybridized carbons (Fsp3) is 1.00. The zero-order valence-corrected chi connectivity index (χ0v) is 7.24. The quantitative estimate of drug-likeness (QED) is 0.547. The molecule has 0 saturated carbocycles. The van der Waals surface area contributed by atoms with Crippen molar-refractivity contribution in [2.24, 2.45) is 0 Å². The lowest BCUT2D eigenvalue weighted by Gasteiger charge is -2.05. The minimum Gasteiger partial charge on any atom is -0.241 e. The lowest BCUT2D eigenvalue weighted by Crippen LogP contribution is -2.14. The van der Waals surface area contributed by atoms with Crippen LogP contribution in [0.25, 0.3) is 0 Å². The molecule has 0 saturated heterocycles. The van der Waals surface area contributed by atoms with Crippen LogP contribution in [0.3, 0.4) is 0 Å². The van der Waals surface area contributed by atoms with Crippen molar-refractivity contribution in [3.05, 3.63) is 0 Å². The number of alkyl halides is 5. The molecule has 2 atom stereocenters. The van der Waals surface area contributed by atoms with Gasteiger partial charge in [-0.05, 0) is 0 Å². The minimum atomic E-state index is -2.90. The second-order valence-electron chi connectivity index (χ2n) is 1.48. The second kappa shape index (κ2) is 4.60. The van der Waals surface area contributed by atoms with E-state index >= 15 is 0 Å². The Labute approximate surface area is 69.9 Å². The highest BCUT2D eigenvalue weighted by Crippen LogP contribution is 2.19. The van der Waals surface area contributed by atoms with Crippen molar-refractivity contribution in [2.75, 3.05) is 0 Å². The largest absolute Gasteiger partial charge is 0.269 e. The average molecular weight is 272 g/mol. The molecule has 0 aliphatic carbocycles. The van der Waals surface area contributed by atoms with E-state index in [-0.39, 0.29) is 6.42 Å². The van der Waals surface area contributed by atoms with Gasteiger partial charge in [0.05, 0.1) is 3.38 Å². The Morgan fingerprint density at radius 3 is 1.89 bits per heavy atom. The van der Waals surface area contributed by atoms with E-state index in [1.54, 1.807) is 22.6 Å². The van der Waals surface area contributed by atoms with Crippen LogP contribution < -0.4 is 0 Å². The van der Waals surface area contributed by atoms with Crippen LogP contribution in [0.4, 0.5) is 13.2 Å². The fourth-order valence-electron chi connectivity index (χ4n) is 0.273. The summed E-state index contributed by atoms with van der Waals surface area (Å²) in [5.74, 6) is 0. The summed E-state index contributed by atoms with van der Waals surface area (Å²) in [6, 6.07) is 0. The molecule has 5 heteroatoms. The summed E-state index contributed by atoms with van der Waals surface area (Å²) < 4.78 is 34.1. The molecule has 0 aromatic heterocycles. The highest BCUT2D eigenvalue weighted by atomic mass is 127. The van der Waals surface area contributed by atoms with Crippen LogP contribution in [0.2, 0.25) is 0 Å². The summed E-state index contributed by atoms with van der Waals surface area (Å²) in [5.41, 5.74) is 0. The van der Waals surface area contributed by atoms with Gasteiger partial charge in [0.2, 0.25) is 0 Å². The number of hydrogen-bond donors (Lipinski definition) is 0. The van der Waals surface area contributed by atoms with E-state index in [4.69, 9.17) is 11.6 Å². The number of hydrogen-bond acceptors (Lipinski definition) is 0. The highest BCUT2D eigenvalue weighted by molar-refractivity contribution is 14.1. The molecule has 0 nitrogen and oxygen atoms in total. The molecule has 0 aromatic rings.